The Hall–Kier alpha value is -1.43. The van der Waals surface area contributed by atoms with Crippen molar-refractivity contribution in [2.24, 2.45) is 0 Å². The van der Waals surface area contributed by atoms with Gasteiger partial charge in [0.1, 0.15) is 18.3 Å². The van der Waals surface area contributed by atoms with Gasteiger partial charge in [0.15, 0.2) is 0 Å². The Labute approximate surface area is 82.1 Å². The third-order valence-electron chi connectivity index (χ3n) is 1.93. The van der Waals surface area contributed by atoms with Crippen LogP contribution in [0.2, 0.25) is 0 Å². The minimum Gasteiger partial charge on any atom is -0.372 e. The molecule has 0 bridgehead atoms. The van der Waals surface area contributed by atoms with Gasteiger partial charge in [-0.15, -0.1) is 0 Å². The van der Waals surface area contributed by atoms with Crippen molar-refractivity contribution >= 4 is 5.91 Å². The fourth-order valence-corrected chi connectivity index (χ4v) is 0.930. The van der Waals surface area contributed by atoms with Gasteiger partial charge >= 0.3 is 0 Å². The van der Waals surface area contributed by atoms with E-state index in [1.54, 1.807) is 6.92 Å². The first-order valence-corrected chi connectivity index (χ1v) is 4.33. The fraction of sp³-hybridized carbons (Fsp3) is 0.625. The summed E-state index contributed by atoms with van der Waals surface area (Å²) in [7, 11) is 1.49. The third kappa shape index (κ3) is 2.53. The average molecular weight is 198 g/mol. The maximum atomic E-state index is 11.4. The van der Waals surface area contributed by atoms with Gasteiger partial charge in [0.25, 0.3) is 0 Å². The summed E-state index contributed by atoms with van der Waals surface area (Å²) in [5.74, 6) is 0.457. The molecule has 14 heavy (non-hydrogen) atoms. The highest BCUT2D eigenvalue weighted by atomic mass is 16.5. The Balaban J connectivity index is 2.49. The zero-order valence-electron chi connectivity index (χ0n) is 8.44. The van der Waals surface area contributed by atoms with Crippen molar-refractivity contribution in [2.45, 2.75) is 26.0 Å². The van der Waals surface area contributed by atoms with Crippen LogP contribution >= 0.6 is 0 Å². The molecule has 2 unspecified atom stereocenters. The van der Waals surface area contributed by atoms with Gasteiger partial charge in [0.05, 0.1) is 6.04 Å². The van der Waals surface area contributed by atoms with Crippen LogP contribution in [-0.4, -0.2) is 34.3 Å². The summed E-state index contributed by atoms with van der Waals surface area (Å²) >= 11 is 0. The second-order valence-electron chi connectivity index (χ2n) is 2.98. The van der Waals surface area contributed by atoms with Crippen LogP contribution in [0.4, 0.5) is 0 Å². The van der Waals surface area contributed by atoms with Gasteiger partial charge < -0.3 is 10.1 Å². The van der Waals surface area contributed by atoms with E-state index in [9.17, 15) is 4.79 Å². The summed E-state index contributed by atoms with van der Waals surface area (Å²) in [6.45, 7) is 3.50. The van der Waals surface area contributed by atoms with Crippen LogP contribution in [-0.2, 0) is 9.53 Å². The molecule has 6 nitrogen and oxygen atoms in total. The standard InChI is InChI=1S/C8H14N4O2/c1-5(7-9-4-10-12-7)11-8(13)6(2)14-3/h4-6H,1-3H3,(H,11,13)(H,9,10,12). The Kier molecular flexibility index (Phi) is 3.58. The number of carbonyl (C=O) groups is 1. The molecule has 0 aliphatic carbocycles. The fourth-order valence-electron chi connectivity index (χ4n) is 0.930. The van der Waals surface area contributed by atoms with Crippen molar-refractivity contribution in [1.82, 2.24) is 20.5 Å². The molecular formula is C8H14N4O2. The molecule has 2 N–H and O–H groups in total. The lowest BCUT2D eigenvalue weighted by molar-refractivity contribution is -0.130. The lowest BCUT2D eigenvalue weighted by Crippen LogP contribution is -2.35. The Bertz CT molecular complexity index is 286. The number of methoxy groups -OCH3 is 1. The number of nitrogens with zero attached hydrogens (tertiary/aromatic N) is 2. The smallest absolute Gasteiger partial charge is 0.249 e. The number of aromatic amines is 1. The van der Waals surface area contributed by atoms with Gasteiger partial charge in [0, 0.05) is 7.11 Å². The monoisotopic (exact) mass is 198 g/mol. The molecule has 0 radical (unpaired) electrons. The number of rotatable bonds is 4. The number of ether oxygens (including phenoxy) is 1. The van der Waals surface area contributed by atoms with E-state index in [1.165, 1.54) is 13.4 Å². The van der Waals surface area contributed by atoms with Crippen LogP contribution in [0, 0.1) is 0 Å². The first kappa shape index (κ1) is 10.6. The highest BCUT2D eigenvalue weighted by Gasteiger charge is 2.16. The average Bonchev–Trinajstić information content (AvgIpc) is 2.69. The SMILES string of the molecule is COC(C)C(=O)NC(C)c1ncn[nH]1. The molecule has 0 aromatic carbocycles. The van der Waals surface area contributed by atoms with Crippen molar-refractivity contribution in [3.63, 3.8) is 0 Å². The van der Waals surface area contributed by atoms with Crippen LogP contribution in [0.5, 0.6) is 0 Å². The molecular weight excluding hydrogens is 184 g/mol. The Morgan fingerprint density at radius 3 is 2.86 bits per heavy atom. The normalized spacial score (nSPS) is 14.8. The van der Waals surface area contributed by atoms with Crippen LogP contribution < -0.4 is 5.32 Å². The zero-order chi connectivity index (χ0) is 10.6. The molecule has 1 rings (SSSR count). The Morgan fingerprint density at radius 1 is 1.64 bits per heavy atom. The van der Waals surface area contributed by atoms with E-state index in [4.69, 9.17) is 4.74 Å². The number of amides is 1. The van der Waals surface area contributed by atoms with E-state index < -0.39 is 6.10 Å². The second-order valence-corrected chi connectivity index (χ2v) is 2.98. The topological polar surface area (TPSA) is 79.9 Å². The van der Waals surface area contributed by atoms with E-state index in [-0.39, 0.29) is 11.9 Å². The van der Waals surface area contributed by atoms with E-state index >= 15 is 0 Å². The predicted molar refractivity (Wildman–Crippen MR) is 49.4 cm³/mol. The molecule has 0 saturated carbocycles. The number of carbonyl (C=O) groups excluding carboxylic acids is 1. The zero-order valence-corrected chi connectivity index (χ0v) is 8.44. The molecule has 78 valence electrons. The van der Waals surface area contributed by atoms with Gasteiger partial charge in [0.2, 0.25) is 5.91 Å². The van der Waals surface area contributed by atoms with Gasteiger partial charge in [-0.3, -0.25) is 9.89 Å². The predicted octanol–water partition coefficient (Wildman–Crippen LogP) is 0.0168. The molecule has 2 atom stereocenters. The van der Waals surface area contributed by atoms with E-state index in [0.29, 0.717) is 5.82 Å². The van der Waals surface area contributed by atoms with Crippen LogP contribution in [0.1, 0.15) is 25.7 Å². The van der Waals surface area contributed by atoms with Crippen molar-refractivity contribution in [2.75, 3.05) is 7.11 Å². The van der Waals surface area contributed by atoms with E-state index in [0.717, 1.165) is 0 Å². The van der Waals surface area contributed by atoms with Gasteiger partial charge in [-0.2, -0.15) is 5.10 Å². The number of hydrogen-bond acceptors (Lipinski definition) is 4. The molecule has 1 heterocycles. The number of H-pyrrole nitrogens is 1. The molecule has 1 aromatic rings. The lowest BCUT2D eigenvalue weighted by Gasteiger charge is -2.14. The minimum absolute atomic E-state index is 0.170. The van der Waals surface area contributed by atoms with Crippen LogP contribution in [0.25, 0.3) is 0 Å². The number of hydrogen-bond donors (Lipinski definition) is 2. The quantitative estimate of drug-likeness (QED) is 0.714. The molecule has 0 aliphatic rings. The largest absolute Gasteiger partial charge is 0.372 e. The molecule has 0 aliphatic heterocycles. The number of nitrogens with one attached hydrogen (secondary N) is 2. The van der Waals surface area contributed by atoms with Crippen molar-refractivity contribution in [1.29, 1.82) is 0 Å². The Morgan fingerprint density at radius 2 is 2.36 bits per heavy atom. The first-order valence-electron chi connectivity index (χ1n) is 4.33. The van der Waals surface area contributed by atoms with Crippen molar-refractivity contribution < 1.29 is 9.53 Å². The third-order valence-corrected chi connectivity index (χ3v) is 1.93. The maximum absolute atomic E-state index is 11.4. The summed E-state index contributed by atoms with van der Waals surface area (Å²) in [5.41, 5.74) is 0. The van der Waals surface area contributed by atoms with Gasteiger partial charge in [-0.25, -0.2) is 4.98 Å². The molecule has 1 amide bonds. The van der Waals surface area contributed by atoms with Crippen LogP contribution in [0.3, 0.4) is 0 Å². The van der Waals surface area contributed by atoms with E-state index in [1.807, 2.05) is 6.92 Å². The molecule has 0 saturated heterocycles. The van der Waals surface area contributed by atoms with Crippen molar-refractivity contribution in [3.8, 4) is 0 Å². The summed E-state index contributed by atoms with van der Waals surface area (Å²) in [4.78, 5) is 15.3. The highest BCUT2D eigenvalue weighted by molar-refractivity contribution is 5.80. The highest BCUT2D eigenvalue weighted by Crippen LogP contribution is 2.04. The molecule has 1 aromatic heterocycles. The first-order chi connectivity index (χ1) is 6.65. The van der Waals surface area contributed by atoms with Crippen LogP contribution in [0.15, 0.2) is 6.33 Å². The van der Waals surface area contributed by atoms with Gasteiger partial charge in [-0.05, 0) is 13.8 Å². The molecule has 0 spiro atoms. The minimum atomic E-state index is -0.458. The summed E-state index contributed by atoms with van der Waals surface area (Å²) < 4.78 is 4.87. The van der Waals surface area contributed by atoms with E-state index in [2.05, 4.69) is 20.5 Å². The van der Waals surface area contributed by atoms with Gasteiger partial charge in [-0.1, -0.05) is 0 Å². The maximum Gasteiger partial charge on any atom is 0.249 e. The molecule has 6 heteroatoms. The second kappa shape index (κ2) is 4.71. The van der Waals surface area contributed by atoms with Crippen molar-refractivity contribution in [3.05, 3.63) is 12.2 Å². The summed E-state index contributed by atoms with van der Waals surface area (Å²) in [6, 6.07) is -0.192. The number of aromatic nitrogens is 3. The summed E-state index contributed by atoms with van der Waals surface area (Å²) in [5, 5.41) is 9.11. The summed E-state index contributed by atoms with van der Waals surface area (Å²) in [6.07, 6.45) is 0.943. The lowest BCUT2D eigenvalue weighted by atomic mass is 10.3. The molecule has 0 fully saturated rings.